The van der Waals surface area contributed by atoms with Crippen LogP contribution in [0.15, 0.2) is 54.2 Å². The van der Waals surface area contributed by atoms with Gasteiger partial charge in [-0.25, -0.2) is 4.98 Å². The number of nitrogens with zero attached hydrogens (tertiary/aromatic N) is 2. The van der Waals surface area contributed by atoms with Crippen molar-refractivity contribution in [2.75, 3.05) is 0 Å². The molecular weight excluding hydrogens is 421 g/mol. The number of halogens is 1. The van der Waals surface area contributed by atoms with Crippen LogP contribution in [0.1, 0.15) is 28.3 Å². The predicted octanol–water partition coefficient (Wildman–Crippen LogP) is 4.30. The van der Waals surface area contributed by atoms with Crippen LogP contribution in [0.5, 0.6) is 0 Å². The maximum Gasteiger partial charge on any atom is 0.252 e. The Hall–Kier alpha value is -1.80. The maximum atomic E-state index is 12.4. The van der Waals surface area contributed by atoms with Gasteiger partial charge in [0, 0.05) is 26.9 Å². The van der Waals surface area contributed by atoms with Crippen molar-refractivity contribution in [2.45, 2.75) is 13.0 Å². The Balaban J connectivity index is 1.74. The van der Waals surface area contributed by atoms with Gasteiger partial charge in [0.2, 0.25) is 0 Å². The van der Waals surface area contributed by atoms with Crippen molar-refractivity contribution in [3.8, 4) is 11.3 Å². The van der Waals surface area contributed by atoms with Gasteiger partial charge in [0.05, 0.1) is 17.3 Å². The van der Waals surface area contributed by atoms with Crippen LogP contribution in [0, 0.1) is 3.57 Å². The lowest BCUT2D eigenvalue weighted by Crippen LogP contribution is -2.27. The first-order chi connectivity index (χ1) is 11.1. The first kappa shape index (κ1) is 16.1. The van der Waals surface area contributed by atoms with Gasteiger partial charge in [-0.2, -0.15) is 0 Å². The summed E-state index contributed by atoms with van der Waals surface area (Å²) in [5.74, 6) is -0.0804. The zero-order chi connectivity index (χ0) is 16.2. The summed E-state index contributed by atoms with van der Waals surface area (Å²) in [7, 11) is 0. The number of thiazole rings is 1. The molecule has 1 amide bonds. The minimum Gasteiger partial charge on any atom is -0.343 e. The summed E-state index contributed by atoms with van der Waals surface area (Å²) in [6.07, 6.45) is 3.49. The molecule has 4 nitrogen and oxygen atoms in total. The van der Waals surface area contributed by atoms with E-state index in [-0.39, 0.29) is 11.9 Å². The molecule has 2 heterocycles. The molecule has 0 saturated heterocycles. The van der Waals surface area contributed by atoms with Crippen LogP contribution in [0.3, 0.4) is 0 Å². The average Bonchev–Trinajstić information content (AvgIpc) is 3.06. The Kier molecular flexibility index (Phi) is 5.02. The first-order valence-electron chi connectivity index (χ1n) is 7.06. The number of pyridine rings is 1. The number of carbonyl (C=O) groups excluding carboxylic acids is 1. The smallest absolute Gasteiger partial charge is 0.252 e. The SMILES string of the molecule is CC(NC(=O)c1ccccc1I)c1nc(-c2ccncc2)cs1. The molecule has 1 N–H and O–H groups in total. The molecule has 3 aromatic rings. The van der Waals surface area contributed by atoms with Crippen molar-refractivity contribution in [3.05, 3.63) is 68.3 Å². The second-order valence-corrected chi connectivity index (χ2v) is 7.03. The Bertz CT molecular complexity index is 819. The van der Waals surface area contributed by atoms with Gasteiger partial charge in [-0.3, -0.25) is 9.78 Å². The van der Waals surface area contributed by atoms with E-state index in [1.165, 1.54) is 0 Å². The molecule has 6 heteroatoms. The molecule has 0 aliphatic heterocycles. The highest BCUT2D eigenvalue weighted by atomic mass is 127. The van der Waals surface area contributed by atoms with Gasteiger partial charge in [0.1, 0.15) is 5.01 Å². The van der Waals surface area contributed by atoms with Crippen molar-refractivity contribution in [3.63, 3.8) is 0 Å². The van der Waals surface area contributed by atoms with E-state index < -0.39 is 0 Å². The van der Waals surface area contributed by atoms with Crippen molar-refractivity contribution >= 4 is 39.8 Å². The predicted molar refractivity (Wildman–Crippen MR) is 100 cm³/mol. The Labute approximate surface area is 152 Å². The third-order valence-corrected chi connectivity index (χ3v) is 5.30. The van der Waals surface area contributed by atoms with Crippen LogP contribution < -0.4 is 5.32 Å². The molecule has 3 rings (SSSR count). The fourth-order valence-corrected chi connectivity index (χ4v) is 3.59. The van der Waals surface area contributed by atoms with E-state index in [2.05, 4.69) is 37.9 Å². The van der Waals surface area contributed by atoms with Gasteiger partial charge < -0.3 is 5.32 Å². The molecule has 0 bridgehead atoms. The molecule has 23 heavy (non-hydrogen) atoms. The zero-order valence-corrected chi connectivity index (χ0v) is 15.3. The quantitative estimate of drug-likeness (QED) is 0.622. The van der Waals surface area contributed by atoms with E-state index >= 15 is 0 Å². The first-order valence-corrected chi connectivity index (χ1v) is 9.02. The van der Waals surface area contributed by atoms with Crippen LogP contribution in [-0.2, 0) is 0 Å². The molecule has 0 aliphatic carbocycles. The second kappa shape index (κ2) is 7.18. The van der Waals surface area contributed by atoms with Crippen molar-refractivity contribution in [1.82, 2.24) is 15.3 Å². The lowest BCUT2D eigenvalue weighted by atomic mass is 10.2. The number of hydrogen-bond acceptors (Lipinski definition) is 4. The van der Waals surface area contributed by atoms with Crippen LogP contribution >= 0.6 is 33.9 Å². The summed E-state index contributed by atoms with van der Waals surface area (Å²) < 4.78 is 0.936. The number of nitrogens with one attached hydrogen (secondary N) is 1. The Morgan fingerprint density at radius 2 is 1.96 bits per heavy atom. The highest BCUT2D eigenvalue weighted by Gasteiger charge is 2.16. The third kappa shape index (κ3) is 3.76. The van der Waals surface area contributed by atoms with Gasteiger partial charge in [-0.1, -0.05) is 12.1 Å². The van der Waals surface area contributed by atoms with E-state index in [4.69, 9.17) is 0 Å². The molecule has 1 atom stereocenters. The molecule has 0 spiro atoms. The van der Waals surface area contributed by atoms with Crippen LogP contribution in [0.4, 0.5) is 0 Å². The van der Waals surface area contributed by atoms with E-state index in [0.717, 1.165) is 19.8 Å². The molecular formula is C17H14IN3OS. The van der Waals surface area contributed by atoms with E-state index in [0.29, 0.717) is 5.56 Å². The molecule has 0 fully saturated rings. The topological polar surface area (TPSA) is 54.9 Å². The van der Waals surface area contributed by atoms with Crippen LogP contribution in [-0.4, -0.2) is 15.9 Å². The lowest BCUT2D eigenvalue weighted by molar-refractivity contribution is 0.0939. The third-order valence-electron chi connectivity index (χ3n) is 3.33. The number of carbonyl (C=O) groups is 1. The summed E-state index contributed by atoms with van der Waals surface area (Å²) in [6.45, 7) is 1.95. The van der Waals surface area contributed by atoms with Crippen molar-refractivity contribution < 1.29 is 4.79 Å². The fourth-order valence-electron chi connectivity index (χ4n) is 2.12. The minimum atomic E-state index is -0.140. The number of amides is 1. The number of aromatic nitrogens is 2. The normalized spacial score (nSPS) is 11.9. The summed E-state index contributed by atoms with van der Waals surface area (Å²) >= 11 is 3.71. The van der Waals surface area contributed by atoms with Crippen LogP contribution in [0.2, 0.25) is 0 Å². The van der Waals surface area contributed by atoms with E-state index in [1.807, 2.05) is 48.7 Å². The highest BCUT2D eigenvalue weighted by molar-refractivity contribution is 14.1. The number of rotatable bonds is 4. The largest absolute Gasteiger partial charge is 0.343 e. The van der Waals surface area contributed by atoms with Crippen LogP contribution in [0.25, 0.3) is 11.3 Å². The Morgan fingerprint density at radius 3 is 2.70 bits per heavy atom. The van der Waals surface area contributed by atoms with Gasteiger partial charge >= 0.3 is 0 Å². The monoisotopic (exact) mass is 435 g/mol. The maximum absolute atomic E-state index is 12.4. The van der Waals surface area contributed by atoms with Crippen molar-refractivity contribution in [2.24, 2.45) is 0 Å². The summed E-state index contributed by atoms with van der Waals surface area (Å²) in [5, 5.41) is 5.89. The molecule has 116 valence electrons. The molecule has 0 radical (unpaired) electrons. The van der Waals surface area contributed by atoms with E-state index in [1.54, 1.807) is 23.7 Å². The average molecular weight is 435 g/mol. The minimum absolute atomic E-state index is 0.0804. The second-order valence-electron chi connectivity index (χ2n) is 4.98. The zero-order valence-electron chi connectivity index (χ0n) is 12.4. The Morgan fingerprint density at radius 1 is 1.22 bits per heavy atom. The van der Waals surface area contributed by atoms with E-state index in [9.17, 15) is 4.79 Å². The molecule has 2 aromatic heterocycles. The van der Waals surface area contributed by atoms with Crippen molar-refractivity contribution in [1.29, 1.82) is 0 Å². The van der Waals surface area contributed by atoms with Gasteiger partial charge in [-0.15, -0.1) is 11.3 Å². The summed E-state index contributed by atoms with van der Waals surface area (Å²) in [4.78, 5) is 21.0. The van der Waals surface area contributed by atoms with Gasteiger partial charge in [0.15, 0.2) is 0 Å². The van der Waals surface area contributed by atoms with Gasteiger partial charge in [-0.05, 0) is 53.8 Å². The standard InChI is InChI=1S/C17H14IN3OS/c1-11(20-16(22)13-4-2-3-5-14(13)18)17-21-15(10-23-17)12-6-8-19-9-7-12/h2-11H,1H3,(H,20,22). The highest BCUT2D eigenvalue weighted by Crippen LogP contribution is 2.25. The molecule has 0 saturated carbocycles. The fraction of sp³-hybridized carbons (Fsp3) is 0.118. The number of hydrogen-bond donors (Lipinski definition) is 1. The molecule has 1 aromatic carbocycles. The summed E-state index contributed by atoms with van der Waals surface area (Å²) in [6, 6.07) is 11.2. The molecule has 0 aliphatic rings. The van der Waals surface area contributed by atoms with Gasteiger partial charge in [0.25, 0.3) is 5.91 Å². The molecule has 1 unspecified atom stereocenters. The number of benzene rings is 1. The summed E-state index contributed by atoms with van der Waals surface area (Å²) in [5.41, 5.74) is 2.62. The lowest BCUT2D eigenvalue weighted by Gasteiger charge is -2.12.